The van der Waals surface area contributed by atoms with Crippen molar-refractivity contribution < 1.29 is 5.11 Å². The Morgan fingerprint density at radius 1 is 1.30 bits per heavy atom. The molecule has 0 aromatic rings. The molecule has 0 spiro atoms. The predicted molar refractivity (Wildman–Crippen MR) is 44.6 cm³/mol. The van der Waals surface area contributed by atoms with Crippen molar-refractivity contribution in [1.82, 2.24) is 5.32 Å². The van der Waals surface area contributed by atoms with Gasteiger partial charge in [-0.05, 0) is 19.4 Å². The fourth-order valence-corrected chi connectivity index (χ4v) is 1.26. The van der Waals surface area contributed by atoms with E-state index >= 15 is 0 Å². The summed E-state index contributed by atoms with van der Waals surface area (Å²) in [4.78, 5) is 0. The third-order valence-electron chi connectivity index (χ3n) is 1.88. The van der Waals surface area contributed by atoms with Crippen molar-refractivity contribution in [2.45, 2.75) is 31.7 Å². The van der Waals surface area contributed by atoms with Crippen molar-refractivity contribution in [2.24, 2.45) is 0 Å². The minimum absolute atomic E-state index is 0. The van der Waals surface area contributed by atoms with Crippen LogP contribution < -0.4 is 5.32 Å². The Balaban J connectivity index is 0.000000810. The van der Waals surface area contributed by atoms with E-state index in [1.165, 1.54) is 19.3 Å². The van der Waals surface area contributed by atoms with Crippen LogP contribution in [-0.2, 0) is 0 Å². The third-order valence-corrected chi connectivity index (χ3v) is 1.88. The molecule has 0 saturated carbocycles. The molecule has 0 unspecified atom stereocenters. The molecule has 1 saturated heterocycles. The lowest BCUT2D eigenvalue weighted by Gasteiger charge is -2.10. The van der Waals surface area contributed by atoms with Gasteiger partial charge in [-0.25, -0.2) is 0 Å². The maximum absolute atomic E-state index is 8.75. The third kappa shape index (κ3) is 3.40. The fraction of sp³-hybridized carbons (Fsp3) is 1.00. The second-order valence-electron chi connectivity index (χ2n) is 2.68. The van der Waals surface area contributed by atoms with Gasteiger partial charge in [-0.2, -0.15) is 0 Å². The molecule has 1 aliphatic heterocycles. The van der Waals surface area contributed by atoms with Gasteiger partial charge < -0.3 is 10.4 Å². The molecule has 62 valence electrons. The standard InChI is InChI=1S/C7H15NO.ClH/c9-6-7-4-2-1-3-5-8-7;/h7-9H,1-6H2;1H/t7-;/m0./s1. The lowest BCUT2D eigenvalue weighted by atomic mass is 10.1. The fourth-order valence-electron chi connectivity index (χ4n) is 1.26. The molecule has 2 N–H and O–H groups in total. The molecule has 1 fully saturated rings. The zero-order valence-electron chi connectivity index (χ0n) is 6.18. The molecule has 3 heteroatoms. The second-order valence-corrected chi connectivity index (χ2v) is 2.68. The van der Waals surface area contributed by atoms with Gasteiger partial charge in [0.05, 0.1) is 6.61 Å². The molecule has 0 bridgehead atoms. The van der Waals surface area contributed by atoms with Gasteiger partial charge in [-0.1, -0.05) is 12.8 Å². The van der Waals surface area contributed by atoms with E-state index in [9.17, 15) is 0 Å². The van der Waals surface area contributed by atoms with E-state index in [0.29, 0.717) is 12.6 Å². The summed E-state index contributed by atoms with van der Waals surface area (Å²) in [5, 5.41) is 12.0. The van der Waals surface area contributed by atoms with Gasteiger partial charge >= 0.3 is 0 Å². The van der Waals surface area contributed by atoms with Gasteiger partial charge in [0.25, 0.3) is 0 Å². The van der Waals surface area contributed by atoms with Gasteiger partial charge in [-0.15, -0.1) is 12.4 Å². The number of rotatable bonds is 1. The highest BCUT2D eigenvalue weighted by molar-refractivity contribution is 5.85. The van der Waals surface area contributed by atoms with Gasteiger partial charge in [0.1, 0.15) is 0 Å². The quantitative estimate of drug-likeness (QED) is 0.606. The molecule has 1 atom stereocenters. The lowest BCUT2D eigenvalue weighted by Crippen LogP contribution is -2.31. The Kier molecular flexibility index (Phi) is 6.08. The van der Waals surface area contributed by atoms with Gasteiger partial charge in [0, 0.05) is 6.04 Å². The molecular weight excluding hydrogens is 150 g/mol. The second kappa shape index (κ2) is 5.96. The van der Waals surface area contributed by atoms with E-state index in [1.807, 2.05) is 0 Å². The molecule has 0 aliphatic carbocycles. The smallest absolute Gasteiger partial charge is 0.0584 e. The summed E-state index contributed by atoms with van der Waals surface area (Å²) in [5.74, 6) is 0. The Bertz CT molecular complexity index is 72.0. The van der Waals surface area contributed by atoms with Crippen LogP contribution in [0.2, 0.25) is 0 Å². The van der Waals surface area contributed by atoms with Crippen LogP contribution in [0.25, 0.3) is 0 Å². The number of aliphatic hydroxyl groups is 1. The van der Waals surface area contributed by atoms with Crippen molar-refractivity contribution in [3.05, 3.63) is 0 Å². The van der Waals surface area contributed by atoms with E-state index < -0.39 is 0 Å². The molecule has 0 aromatic heterocycles. The highest BCUT2D eigenvalue weighted by Gasteiger charge is 2.08. The van der Waals surface area contributed by atoms with Crippen LogP contribution in [0.15, 0.2) is 0 Å². The molecule has 0 amide bonds. The Labute approximate surface area is 68.4 Å². The summed E-state index contributed by atoms with van der Waals surface area (Å²) >= 11 is 0. The number of hydrogen-bond acceptors (Lipinski definition) is 2. The predicted octanol–water partition coefficient (Wildman–Crippen LogP) is 0.933. The van der Waals surface area contributed by atoms with Crippen molar-refractivity contribution in [2.75, 3.05) is 13.2 Å². The first-order valence-electron chi connectivity index (χ1n) is 3.77. The minimum Gasteiger partial charge on any atom is -0.395 e. The van der Waals surface area contributed by atoms with Crippen LogP contribution in [0.1, 0.15) is 25.7 Å². The average molecular weight is 166 g/mol. The number of aliphatic hydroxyl groups excluding tert-OH is 1. The van der Waals surface area contributed by atoms with E-state index in [0.717, 1.165) is 13.0 Å². The van der Waals surface area contributed by atoms with Crippen LogP contribution in [0.5, 0.6) is 0 Å². The molecular formula is C7H16ClNO. The molecule has 1 rings (SSSR count). The molecule has 1 aliphatic rings. The van der Waals surface area contributed by atoms with Gasteiger partial charge in [0.2, 0.25) is 0 Å². The highest BCUT2D eigenvalue weighted by Crippen LogP contribution is 2.06. The van der Waals surface area contributed by atoms with Crippen LogP contribution in [0.4, 0.5) is 0 Å². The first kappa shape index (κ1) is 10.2. The molecule has 2 nitrogen and oxygen atoms in total. The van der Waals surface area contributed by atoms with Crippen LogP contribution in [-0.4, -0.2) is 24.3 Å². The SMILES string of the molecule is Cl.OC[C@@H]1CCCCCN1. The summed E-state index contributed by atoms with van der Waals surface area (Å²) < 4.78 is 0. The maximum Gasteiger partial charge on any atom is 0.0584 e. The van der Waals surface area contributed by atoms with E-state index in [-0.39, 0.29) is 12.4 Å². The summed E-state index contributed by atoms with van der Waals surface area (Å²) in [5.41, 5.74) is 0. The molecule has 0 aromatic carbocycles. The number of hydrogen-bond donors (Lipinski definition) is 2. The largest absolute Gasteiger partial charge is 0.395 e. The van der Waals surface area contributed by atoms with Crippen LogP contribution in [0, 0.1) is 0 Å². The average Bonchev–Trinajstić information content (AvgIpc) is 2.13. The first-order valence-corrected chi connectivity index (χ1v) is 3.77. The summed E-state index contributed by atoms with van der Waals surface area (Å²) in [6.07, 6.45) is 5.02. The Morgan fingerprint density at radius 3 is 2.80 bits per heavy atom. The molecule has 0 radical (unpaired) electrons. The monoisotopic (exact) mass is 165 g/mol. The van der Waals surface area contributed by atoms with E-state index in [2.05, 4.69) is 5.32 Å². The van der Waals surface area contributed by atoms with E-state index in [4.69, 9.17) is 5.11 Å². The van der Waals surface area contributed by atoms with Crippen molar-refractivity contribution >= 4 is 12.4 Å². The van der Waals surface area contributed by atoms with Crippen molar-refractivity contribution in [1.29, 1.82) is 0 Å². The van der Waals surface area contributed by atoms with Crippen LogP contribution in [0.3, 0.4) is 0 Å². The zero-order chi connectivity index (χ0) is 6.53. The maximum atomic E-state index is 8.75. The Morgan fingerprint density at radius 2 is 2.10 bits per heavy atom. The van der Waals surface area contributed by atoms with Crippen LogP contribution >= 0.6 is 12.4 Å². The summed E-state index contributed by atoms with van der Waals surface area (Å²) in [6, 6.07) is 0.382. The first-order chi connectivity index (χ1) is 4.43. The van der Waals surface area contributed by atoms with Gasteiger partial charge in [-0.3, -0.25) is 0 Å². The zero-order valence-corrected chi connectivity index (χ0v) is 6.99. The topological polar surface area (TPSA) is 32.3 Å². The summed E-state index contributed by atoms with van der Waals surface area (Å²) in [6.45, 7) is 1.39. The number of halogens is 1. The Hall–Kier alpha value is 0.210. The lowest BCUT2D eigenvalue weighted by molar-refractivity contribution is 0.240. The highest BCUT2D eigenvalue weighted by atomic mass is 35.5. The molecule has 10 heavy (non-hydrogen) atoms. The number of nitrogens with one attached hydrogen (secondary N) is 1. The van der Waals surface area contributed by atoms with E-state index in [1.54, 1.807) is 0 Å². The molecule has 1 heterocycles. The minimum atomic E-state index is 0. The van der Waals surface area contributed by atoms with Gasteiger partial charge in [0.15, 0.2) is 0 Å². The van der Waals surface area contributed by atoms with Crippen molar-refractivity contribution in [3.63, 3.8) is 0 Å². The van der Waals surface area contributed by atoms with Crippen molar-refractivity contribution in [3.8, 4) is 0 Å². The summed E-state index contributed by atoms with van der Waals surface area (Å²) in [7, 11) is 0. The normalized spacial score (nSPS) is 26.7.